The monoisotopic (exact) mass is 306 g/mol. The number of halogens is 1. The van der Waals surface area contributed by atoms with Crippen LogP contribution in [0, 0.1) is 5.82 Å². The van der Waals surface area contributed by atoms with Crippen LogP contribution in [0.15, 0.2) is 28.7 Å². The van der Waals surface area contributed by atoms with Crippen molar-refractivity contribution in [2.45, 2.75) is 25.8 Å². The second-order valence-electron chi connectivity index (χ2n) is 4.76. The number of aryl methyl sites for hydroxylation is 1. The van der Waals surface area contributed by atoms with Gasteiger partial charge in [-0.05, 0) is 42.2 Å². The van der Waals surface area contributed by atoms with Gasteiger partial charge in [0.2, 0.25) is 0 Å². The Morgan fingerprint density at radius 1 is 1.43 bits per heavy atom. The van der Waals surface area contributed by atoms with E-state index in [2.05, 4.69) is 21.9 Å². The van der Waals surface area contributed by atoms with Crippen molar-refractivity contribution in [1.82, 2.24) is 15.0 Å². The van der Waals surface area contributed by atoms with Crippen LogP contribution >= 0.6 is 11.5 Å². The summed E-state index contributed by atoms with van der Waals surface area (Å²) < 4.78 is 23.0. The van der Waals surface area contributed by atoms with Gasteiger partial charge < -0.3 is 4.42 Å². The summed E-state index contributed by atoms with van der Waals surface area (Å²) in [6.07, 6.45) is 1.81. The van der Waals surface area contributed by atoms with Crippen molar-refractivity contribution < 1.29 is 8.81 Å². The highest BCUT2D eigenvalue weighted by Crippen LogP contribution is 2.31. The fraction of sp³-hybridized carbons (Fsp3) is 0.286. The first-order chi connectivity index (χ1) is 10.2. The lowest BCUT2D eigenvalue weighted by Crippen LogP contribution is -2.28. The summed E-state index contributed by atoms with van der Waals surface area (Å²) in [6, 6.07) is 5.88. The lowest BCUT2D eigenvalue weighted by molar-refractivity contribution is 0.478. The molecule has 0 radical (unpaired) electrons. The number of nitrogens with two attached hydrogens (primary N) is 1. The number of fused-ring (bicyclic) bond motifs is 1. The minimum atomic E-state index is -0.331. The van der Waals surface area contributed by atoms with Crippen LogP contribution in [0.5, 0.6) is 0 Å². The lowest BCUT2D eigenvalue weighted by Gasteiger charge is -2.11. The van der Waals surface area contributed by atoms with Crippen LogP contribution in [0.3, 0.4) is 0 Å². The second-order valence-corrected chi connectivity index (χ2v) is 5.55. The Hall–Kier alpha value is -1.83. The lowest BCUT2D eigenvalue weighted by atomic mass is 10.1. The molecule has 21 heavy (non-hydrogen) atoms. The number of aromatic nitrogens is 2. The van der Waals surface area contributed by atoms with E-state index >= 15 is 0 Å². The van der Waals surface area contributed by atoms with Crippen LogP contribution in [-0.4, -0.2) is 9.59 Å². The molecule has 0 bridgehead atoms. The molecule has 0 aliphatic carbocycles. The largest absolute Gasteiger partial charge is 0.459 e. The van der Waals surface area contributed by atoms with Crippen LogP contribution in [0.25, 0.3) is 11.0 Å². The van der Waals surface area contributed by atoms with Crippen LogP contribution in [0.1, 0.15) is 35.7 Å². The highest BCUT2D eigenvalue weighted by Gasteiger charge is 2.23. The standard InChI is InChI=1S/C14H15FN4OS/c1-2-3-10-14(21-19-18-10)13(17-16)12-7-8-6-9(15)4-5-11(8)20-12/h4-7,13,17H,2-3,16H2,1H3. The molecule has 0 spiro atoms. The van der Waals surface area contributed by atoms with Crippen molar-refractivity contribution in [1.29, 1.82) is 0 Å². The van der Waals surface area contributed by atoms with Crippen molar-refractivity contribution >= 4 is 22.5 Å². The van der Waals surface area contributed by atoms with Gasteiger partial charge in [0.1, 0.15) is 23.2 Å². The third-order valence-corrected chi connectivity index (χ3v) is 4.11. The molecule has 0 saturated carbocycles. The van der Waals surface area contributed by atoms with Gasteiger partial charge in [-0.15, -0.1) is 5.10 Å². The van der Waals surface area contributed by atoms with Crippen LogP contribution in [-0.2, 0) is 6.42 Å². The quantitative estimate of drug-likeness (QED) is 0.560. The Bertz CT molecular complexity index is 754. The zero-order valence-electron chi connectivity index (χ0n) is 11.5. The molecule has 0 amide bonds. The average molecular weight is 306 g/mol. The Kier molecular flexibility index (Phi) is 3.96. The van der Waals surface area contributed by atoms with Gasteiger partial charge in [0.05, 0.1) is 10.6 Å². The number of furan rings is 1. The first-order valence-corrected chi connectivity index (χ1v) is 7.46. The average Bonchev–Trinajstić information content (AvgIpc) is 3.07. The summed E-state index contributed by atoms with van der Waals surface area (Å²) in [5, 5.41) is 4.85. The molecule has 3 rings (SSSR count). The summed E-state index contributed by atoms with van der Waals surface area (Å²) in [5.74, 6) is 6.01. The van der Waals surface area contributed by atoms with Gasteiger partial charge in [-0.2, -0.15) is 0 Å². The highest BCUT2D eigenvalue weighted by molar-refractivity contribution is 7.05. The molecule has 0 aliphatic heterocycles. The molecule has 1 aromatic carbocycles. The van der Waals surface area contributed by atoms with E-state index in [4.69, 9.17) is 10.3 Å². The molecule has 3 aromatic rings. The molecule has 2 aromatic heterocycles. The van der Waals surface area contributed by atoms with E-state index in [1.54, 1.807) is 12.1 Å². The fourth-order valence-electron chi connectivity index (χ4n) is 2.31. The van der Waals surface area contributed by atoms with Gasteiger partial charge in [0, 0.05) is 5.39 Å². The van der Waals surface area contributed by atoms with Crippen LogP contribution in [0.4, 0.5) is 4.39 Å². The molecule has 1 unspecified atom stereocenters. The van der Waals surface area contributed by atoms with Crippen molar-refractivity contribution in [3.63, 3.8) is 0 Å². The van der Waals surface area contributed by atoms with Gasteiger partial charge in [0.15, 0.2) is 0 Å². The number of nitrogens with zero attached hydrogens (tertiary/aromatic N) is 2. The molecule has 0 fully saturated rings. The van der Waals surface area contributed by atoms with Gasteiger partial charge in [-0.3, -0.25) is 5.84 Å². The first kappa shape index (κ1) is 14.1. The molecular formula is C14H15FN4OS. The van der Waals surface area contributed by atoms with Crippen molar-refractivity contribution in [2.75, 3.05) is 0 Å². The molecule has 5 nitrogen and oxygen atoms in total. The number of hydrogen-bond acceptors (Lipinski definition) is 6. The number of benzene rings is 1. The van der Waals surface area contributed by atoms with E-state index in [1.807, 2.05) is 0 Å². The Morgan fingerprint density at radius 3 is 3.05 bits per heavy atom. The van der Waals surface area contributed by atoms with Crippen molar-refractivity contribution in [2.24, 2.45) is 5.84 Å². The van der Waals surface area contributed by atoms with Crippen molar-refractivity contribution in [3.8, 4) is 0 Å². The van der Waals surface area contributed by atoms with Crippen LogP contribution < -0.4 is 11.3 Å². The van der Waals surface area contributed by atoms with Crippen molar-refractivity contribution in [3.05, 3.63) is 46.4 Å². The van der Waals surface area contributed by atoms with E-state index in [-0.39, 0.29) is 11.9 Å². The predicted octanol–water partition coefficient (Wildman–Crippen LogP) is 2.93. The summed E-state index contributed by atoms with van der Waals surface area (Å²) in [4.78, 5) is 0.930. The zero-order chi connectivity index (χ0) is 14.8. The van der Waals surface area contributed by atoms with E-state index in [0.717, 1.165) is 23.4 Å². The highest BCUT2D eigenvalue weighted by atomic mass is 32.1. The first-order valence-electron chi connectivity index (χ1n) is 6.69. The molecular weight excluding hydrogens is 291 g/mol. The maximum atomic E-state index is 13.3. The van der Waals surface area contributed by atoms with Gasteiger partial charge in [0.25, 0.3) is 0 Å². The Labute approximate surface area is 125 Å². The topological polar surface area (TPSA) is 77.0 Å². The molecule has 0 saturated heterocycles. The number of hydrogen-bond donors (Lipinski definition) is 2. The van der Waals surface area contributed by atoms with E-state index in [0.29, 0.717) is 16.7 Å². The van der Waals surface area contributed by atoms with Gasteiger partial charge >= 0.3 is 0 Å². The minimum Gasteiger partial charge on any atom is -0.459 e. The Balaban J connectivity index is 2.03. The third-order valence-electron chi connectivity index (χ3n) is 3.28. The molecule has 2 heterocycles. The predicted molar refractivity (Wildman–Crippen MR) is 79.2 cm³/mol. The number of rotatable bonds is 5. The summed E-state index contributed by atoms with van der Waals surface area (Å²) in [5.41, 5.74) is 4.28. The fourth-order valence-corrected chi connectivity index (χ4v) is 3.07. The normalized spacial score (nSPS) is 12.9. The maximum absolute atomic E-state index is 13.3. The minimum absolute atomic E-state index is 0.293. The smallest absolute Gasteiger partial charge is 0.134 e. The van der Waals surface area contributed by atoms with E-state index < -0.39 is 0 Å². The summed E-state index contributed by atoms with van der Waals surface area (Å²) in [6.45, 7) is 2.08. The summed E-state index contributed by atoms with van der Waals surface area (Å²) >= 11 is 1.29. The third kappa shape index (κ3) is 2.67. The van der Waals surface area contributed by atoms with E-state index in [9.17, 15) is 4.39 Å². The van der Waals surface area contributed by atoms with Crippen LogP contribution in [0.2, 0.25) is 0 Å². The number of nitrogens with one attached hydrogen (secondary N) is 1. The number of hydrazine groups is 1. The van der Waals surface area contributed by atoms with Gasteiger partial charge in [-0.1, -0.05) is 17.8 Å². The molecule has 7 heteroatoms. The summed E-state index contributed by atoms with van der Waals surface area (Å²) in [7, 11) is 0. The zero-order valence-corrected chi connectivity index (χ0v) is 12.3. The Morgan fingerprint density at radius 2 is 2.29 bits per heavy atom. The second kappa shape index (κ2) is 5.88. The molecule has 110 valence electrons. The SMILES string of the molecule is CCCc1nnsc1C(NN)c1cc2cc(F)ccc2o1. The van der Waals surface area contributed by atoms with Gasteiger partial charge in [-0.25, -0.2) is 9.82 Å². The molecule has 0 aliphatic rings. The van der Waals surface area contributed by atoms with E-state index in [1.165, 1.54) is 23.7 Å². The maximum Gasteiger partial charge on any atom is 0.134 e. The molecule has 3 N–H and O–H groups in total. The molecule has 1 atom stereocenters.